The van der Waals surface area contributed by atoms with E-state index in [-0.39, 0.29) is 5.91 Å². The van der Waals surface area contributed by atoms with E-state index in [1.54, 1.807) is 7.11 Å². The molecule has 2 aliphatic heterocycles. The van der Waals surface area contributed by atoms with Crippen molar-refractivity contribution in [2.75, 3.05) is 33.3 Å². The molecule has 0 spiro atoms. The smallest absolute Gasteiger partial charge is 0.256 e. The van der Waals surface area contributed by atoms with E-state index in [1.165, 1.54) is 32.4 Å². The van der Waals surface area contributed by atoms with Gasteiger partial charge in [0.15, 0.2) is 6.10 Å². The summed E-state index contributed by atoms with van der Waals surface area (Å²) in [4.78, 5) is 17.0. The highest BCUT2D eigenvalue weighted by molar-refractivity contribution is 5.83. The first kappa shape index (κ1) is 14.5. The van der Waals surface area contributed by atoms with Gasteiger partial charge >= 0.3 is 0 Å². The second-order valence-corrected chi connectivity index (χ2v) is 6.02. The molecule has 1 atom stereocenters. The number of hydrogen-bond donors (Lipinski definition) is 0. The topological polar surface area (TPSA) is 32.8 Å². The van der Waals surface area contributed by atoms with Crippen LogP contribution in [0.2, 0.25) is 0 Å². The molecule has 0 aromatic heterocycles. The van der Waals surface area contributed by atoms with Gasteiger partial charge in [0.25, 0.3) is 5.91 Å². The number of methoxy groups -OCH3 is 1. The number of nitrogens with zero attached hydrogens (tertiary/aromatic N) is 2. The Bertz CT molecular complexity index is 465. The van der Waals surface area contributed by atoms with Crippen LogP contribution in [-0.2, 0) is 9.53 Å². The first-order chi connectivity index (χ1) is 10.3. The number of hydrogen-bond acceptors (Lipinski definition) is 3. The van der Waals surface area contributed by atoms with Crippen molar-refractivity contribution >= 4 is 5.91 Å². The van der Waals surface area contributed by atoms with E-state index in [0.717, 1.165) is 18.7 Å². The standard InChI is InChI=1S/C17H24N2O2/c1-21-16(14-8-4-2-5-9-14)17(20)19-12-15(13-19)18-10-6-3-7-11-18/h2,4-5,8-9,15-16H,3,6-7,10-13H2,1H3. The highest BCUT2D eigenvalue weighted by Gasteiger charge is 2.38. The Morgan fingerprint density at radius 1 is 1.14 bits per heavy atom. The van der Waals surface area contributed by atoms with Crippen LogP contribution < -0.4 is 0 Å². The average Bonchev–Trinajstić information content (AvgIpc) is 2.49. The number of carbonyl (C=O) groups is 1. The fourth-order valence-electron chi connectivity index (χ4n) is 3.32. The van der Waals surface area contributed by atoms with Crippen LogP contribution in [0.15, 0.2) is 30.3 Å². The minimum atomic E-state index is -0.464. The summed E-state index contributed by atoms with van der Waals surface area (Å²) in [6.07, 6.45) is 3.49. The zero-order chi connectivity index (χ0) is 14.7. The van der Waals surface area contributed by atoms with Gasteiger partial charge in [-0.3, -0.25) is 9.69 Å². The van der Waals surface area contributed by atoms with Gasteiger partial charge in [0.05, 0.1) is 0 Å². The summed E-state index contributed by atoms with van der Waals surface area (Å²) in [6.45, 7) is 4.09. The second kappa shape index (κ2) is 6.58. The molecule has 1 aromatic carbocycles. The lowest BCUT2D eigenvalue weighted by Crippen LogP contribution is -2.62. The highest BCUT2D eigenvalue weighted by atomic mass is 16.5. The van der Waals surface area contributed by atoms with Gasteiger partial charge in [-0.05, 0) is 31.5 Å². The number of ether oxygens (including phenoxy) is 1. The zero-order valence-corrected chi connectivity index (χ0v) is 12.7. The number of likely N-dealkylation sites (tertiary alicyclic amines) is 2. The van der Waals surface area contributed by atoms with E-state index in [2.05, 4.69) is 4.90 Å². The third-order valence-corrected chi connectivity index (χ3v) is 4.64. The van der Waals surface area contributed by atoms with Crippen LogP contribution in [0.3, 0.4) is 0 Å². The molecule has 1 unspecified atom stereocenters. The van der Waals surface area contributed by atoms with E-state index >= 15 is 0 Å². The van der Waals surface area contributed by atoms with Gasteiger partial charge in [0.2, 0.25) is 0 Å². The maximum atomic E-state index is 12.6. The van der Waals surface area contributed by atoms with Crippen molar-refractivity contribution in [2.45, 2.75) is 31.4 Å². The first-order valence-electron chi connectivity index (χ1n) is 7.90. The summed E-state index contributed by atoms with van der Waals surface area (Å²) in [5.41, 5.74) is 0.937. The second-order valence-electron chi connectivity index (χ2n) is 6.02. The van der Waals surface area contributed by atoms with Gasteiger partial charge in [0.1, 0.15) is 0 Å². The first-order valence-corrected chi connectivity index (χ1v) is 7.90. The number of rotatable bonds is 4. The molecule has 0 N–H and O–H groups in total. The van der Waals surface area contributed by atoms with Crippen molar-refractivity contribution in [3.05, 3.63) is 35.9 Å². The Labute approximate surface area is 126 Å². The summed E-state index contributed by atoms with van der Waals surface area (Å²) >= 11 is 0. The number of carbonyl (C=O) groups excluding carboxylic acids is 1. The Kier molecular flexibility index (Phi) is 4.56. The summed E-state index contributed by atoms with van der Waals surface area (Å²) in [5.74, 6) is 0.0944. The van der Waals surface area contributed by atoms with Crippen molar-refractivity contribution in [1.29, 1.82) is 0 Å². The van der Waals surface area contributed by atoms with E-state index in [4.69, 9.17) is 4.74 Å². The van der Waals surface area contributed by atoms with Gasteiger partial charge in [-0.15, -0.1) is 0 Å². The van der Waals surface area contributed by atoms with E-state index < -0.39 is 6.10 Å². The van der Waals surface area contributed by atoms with Gasteiger partial charge in [-0.1, -0.05) is 36.8 Å². The Hall–Kier alpha value is -1.39. The zero-order valence-electron chi connectivity index (χ0n) is 12.7. The normalized spacial score (nSPS) is 21.9. The van der Waals surface area contributed by atoms with E-state index in [1.807, 2.05) is 35.2 Å². The Balaban J connectivity index is 1.56. The van der Waals surface area contributed by atoms with Crippen molar-refractivity contribution in [1.82, 2.24) is 9.80 Å². The molecule has 0 aliphatic carbocycles. The molecule has 2 heterocycles. The molecular weight excluding hydrogens is 264 g/mol. The predicted molar refractivity (Wildman–Crippen MR) is 82.0 cm³/mol. The molecule has 3 rings (SSSR count). The van der Waals surface area contributed by atoms with Gasteiger partial charge in [-0.2, -0.15) is 0 Å². The van der Waals surface area contributed by atoms with Crippen LogP contribution >= 0.6 is 0 Å². The molecule has 1 amide bonds. The summed E-state index contributed by atoms with van der Waals surface area (Å²) in [5, 5.41) is 0. The quantitative estimate of drug-likeness (QED) is 0.850. The molecule has 0 bridgehead atoms. The van der Waals surface area contributed by atoms with E-state index in [0.29, 0.717) is 6.04 Å². The maximum absolute atomic E-state index is 12.6. The van der Waals surface area contributed by atoms with Crippen molar-refractivity contribution in [3.63, 3.8) is 0 Å². The predicted octanol–water partition coefficient (Wildman–Crippen LogP) is 2.07. The molecule has 4 nitrogen and oxygen atoms in total. The summed E-state index contributed by atoms with van der Waals surface area (Å²) in [6, 6.07) is 10.3. The van der Waals surface area contributed by atoms with Gasteiger partial charge in [0, 0.05) is 26.2 Å². The van der Waals surface area contributed by atoms with Crippen molar-refractivity contribution < 1.29 is 9.53 Å². The third kappa shape index (κ3) is 3.11. The maximum Gasteiger partial charge on any atom is 0.256 e. The third-order valence-electron chi connectivity index (χ3n) is 4.64. The van der Waals surface area contributed by atoms with Gasteiger partial charge < -0.3 is 9.64 Å². The van der Waals surface area contributed by atoms with Crippen LogP contribution in [-0.4, -0.2) is 55.0 Å². The largest absolute Gasteiger partial charge is 0.367 e. The minimum Gasteiger partial charge on any atom is -0.367 e. The lowest BCUT2D eigenvalue weighted by Gasteiger charge is -2.47. The lowest BCUT2D eigenvalue weighted by atomic mass is 10.0. The van der Waals surface area contributed by atoms with Crippen LogP contribution in [0.25, 0.3) is 0 Å². The van der Waals surface area contributed by atoms with Crippen LogP contribution in [0, 0.1) is 0 Å². The Morgan fingerprint density at radius 3 is 2.43 bits per heavy atom. The SMILES string of the molecule is COC(C(=O)N1CC(N2CCCCC2)C1)c1ccccc1. The molecular formula is C17H24N2O2. The van der Waals surface area contributed by atoms with Crippen LogP contribution in [0.4, 0.5) is 0 Å². The monoisotopic (exact) mass is 288 g/mol. The average molecular weight is 288 g/mol. The highest BCUT2D eigenvalue weighted by Crippen LogP contribution is 2.25. The molecule has 2 aliphatic rings. The molecule has 0 saturated carbocycles. The van der Waals surface area contributed by atoms with Gasteiger partial charge in [-0.25, -0.2) is 0 Å². The molecule has 4 heteroatoms. The minimum absolute atomic E-state index is 0.0944. The molecule has 2 fully saturated rings. The van der Waals surface area contributed by atoms with Crippen LogP contribution in [0.1, 0.15) is 30.9 Å². The van der Waals surface area contributed by atoms with Crippen LogP contribution in [0.5, 0.6) is 0 Å². The molecule has 0 radical (unpaired) electrons. The molecule has 1 aromatic rings. The lowest BCUT2D eigenvalue weighted by molar-refractivity contribution is -0.150. The molecule has 21 heavy (non-hydrogen) atoms. The number of piperidine rings is 1. The molecule has 114 valence electrons. The number of benzene rings is 1. The molecule has 2 saturated heterocycles. The fraction of sp³-hybridized carbons (Fsp3) is 0.588. The fourth-order valence-corrected chi connectivity index (χ4v) is 3.32. The Morgan fingerprint density at radius 2 is 1.81 bits per heavy atom. The summed E-state index contributed by atoms with van der Waals surface area (Å²) in [7, 11) is 1.61. The van der Waals surface area contributed by atoms with E-state index in [9.17, 15) is 4.79 Å². The number of amides is 1. The summed E-state index contributed by atoms with van der Waals surface area (Å²) < 4.78 is 5.43. The van der Waals surface area contributed by atoms with Crippen molar-refractivity contribution in [2.24, 2.45) is 0 Å². The van der Waals surface area contributed by atoms with Crippen molar-refractivity contribution in [3.8, 4) is 0 Å².